The fourth-order valence-electron chi connectivity index (χ4n) is 5.26. The van der Waals surface area contributed by atoms with E-state index in [1.54, 1.807) is 68.4 Å². The average molecular weight is 846 g/mol. The van der Waals surface area contributed by atoms with Crippen LogP contribution in [0.5, 0.6) is 17.4 Å². The molecule has 0 spiro atoms. The lowest BCUT2D eigenvalue weighted by molar-refractivity contribution is -0.312. The minimum absolute atomic E-state index is 0.222. The Balaban J connectivity index is 0.000000384. The van der Waals surface area contributed by atoms with E-state index in [4.69, 9.17) is 34.9 Å². The summed E-state index contributed by atoms with van der Waals surface area (Å²) >= 11 is 5.32. The van der Waals surface area contributed by atoms with Gasteiger partial charge in [-0.3, -0.25) is 13.8 Å². The maximum absolute atomic E-state index is 12.8. The summed E-state index contributed by atoms with van der Waals surface area (Å²) in [7, 11) is 0. The highest BCUT2D eigenvalue weighted by atomic mass is 32.5. The van der Waals surface area contributed by atoms with Crippen molar-refractivity contribution in [3.63, 3.8) is 0 Å². The fraction of sp³-hybridized carbons (Fsp3) is 0.447. The number of benzene rings is 2. The van der Waals surface area contributed by atoms with Gasteiger partial charge in [0.05, 0.1) is 19.1 Å². The first-order valence-electron chi connectivity index (χ1n) is 17.4. The molecule has 11 nitrogen and oxygen atoms in total. The van der Waals surface area contributed by atoms with Crippen LogP contribution in [0.15, 0.2) is 72.8 Å². The normalized spacial score (nSPS) is 16.9. The molecular weight excluding hydrogens is 803 g/mol. The van der Waals surface area contributed by atoms with Crippen molar-refractivity contribution in [3.05, 3.63) is 89.9 Å². The second-order valence-corrected chi connectivity index (χ2v) is 16.2. The molecule has 0 amide bonds. The number of hydrogen-bond donors (Lipinski definition) is 0. The van der Waals surface area contributed by atoms with Crippen molar-refractivity contribution in [2.75, 3.05) is 13.2 Å². The predicted octanol–water partition coefficient (Wildman–Crippen LogP) is 10.0. The first-order valence-corrected chi connectivity index (χ1v) is 20.0. The smallest absolute Gasteiger partial charge is 0.434 e. The van der Waals surface area contributed by atoms with Gasteiger partial charge in [-0.2, -0.15) is 36.6 Å². The molecule has 0 aliphatic heterocycles. The number of halogens is 6. The van der Waals surface area contributed by atoms with E-state index in [1.807, 2.05) is 40.7 Å². The summed E-state index contributed by atoms with van der Waals surface area (Å²) in [5, 5.41) is 9.57. The van der Waals surface area contributed by atoms with Gasteiger partial charge in [0.1, 0.15) is 23.4 Å². The summed E-state index contributed by atoms with van der Waals surface area (Å²) in [4.78, 5) is 33.2. The molecule has 2 aromatic carbocycles. The number of nitriles is 1. The zero-order chi connectivity index (χ0) is 42.8. The number of carbonyl (C=O) groups is 2. The topological polar surface area (TPSA) is 139 Å². The predicted molar refractivity (Wildman–Crippen MR) is 198 cm³/mol. The van der Waals surface area contributed by atoms with Gasteiger partial charge in [0.15, 0.2) is 0 Å². The largest absolute Gasteiger partial charge is 0.457 e. The lowest BCUT2D eigenvalue weighted by Gasteiger charge is -2.22. The Morgan fingerprint density at radius 1 is 0.930 bits per heavy atom. The SMILES string of the molecule is CC1(C)C(/C=C\C(=O)OC(C(F)(F)F)C(F)(F)F)C1C(=O)OC(C#N)c1cccc(Oc2ccccc2)c1.CCOP(=S)(OCC)Oc1cc(C)nc(C(C)C)n1. The number of aryl methyl sites for hydroxylation is 1. The highest BCUT2D eigenvalue weighted by Crippen LogP contribution is 2.60. The van der Waals surface area contributed by atoms with Gasteiger partial charge in [0.25, 0.3) is 6.10 Å². The Kier molecular flexibility index (Phi) is 16.2. The molecule has 1 aliphatic rings. The molecule has 3 unspecified atom stereocenters. The molecule has 1 heterocycles. The summed E-state index contributed by atoms with van der Waals surface area (Å²) in [6.45, 7) is 11.0. The zero-order valence-electron chi connectivity index (χ0n) is 32.0. The molecule has 1 aromatic heterocycles. The minimum atomic E-state index is -5.84. The highest BCUT2D eigenvalue weighted by Gasteiger charge is 2.62. The molecule has 0 radical (unpaired) electrons. The summed E-state index contributed by atoms with van der Waals surface area (Å²) in [5.41, 5.74) is 0.302. The van der Waals surface area contributed by atoms with Gasteiger partial charge >= 0.3 is 31.0 Å². The van der Waals surface area contributed by atoms with Gasteiger partial charge in [-0.15, -0.1) is 0 Å². The lowest BCUT2D eigenvalue weighted by Crippen LogP contribution is -2.45. The van der Waals surface area contributed by atoms with Crippen LogP contribution in [0.4, 0.5) is 26.3 Å². The molecule has 0 saturated heterocycles. The van der Waals surface area contributed by atoms with Crippen LogP contribution in [0.1, 0.15) is 70.6 Å². The van der Waals surface area contributed by atoms with Gasteiger partial charge in [0.2, 0.25) is 12.0 Å². The van der Waals surface area contributed by atoms with E-state index >= 15 is 0 Å². The number of ether oxygens (including phenoxy) is 3. The van der Waals surface area contributed by atoms with Crippen LogP contribution in [0, 0.1) is 35.5 Å². The second kappa shape index (κ2) is 19.7. The Labute approximate surface area is 331 Å². The van der Waals surface area contributed by atoms with Crippen LogP contribution < -0.4 is 9.26 Å². The van der Waals surface area contributed by atoms with Gasteiger partial charge < -0.3 is 18.7 Å². The maximum Gasteiger partial charge on any atom is 0.434 e. The van der Waals surface area contributed by atoms with E-state index in [0.29, 0.717) is 42.2 Å². The molecule has 19 heteroatoms. The molecule has 1 saturated carbocycles. The molecule has 3 aromatic rings. The van der Waals surface area contributed by atoms with Gasteiger partial charge in [-0.25, -0.2) is 9.78 Å². The molecule has 310 valence electrons. The Morgan fingerprint density at radius 2 is 1.53 bits per heavy atom. The van der Waals surface area contributed by atoms with Crippen molar-refractivity contribution in [1.29, 1.82) is 5.26 Å². The maximum atomic E-state index is 12.8. The molecule has 4 rings (SSSR count). The Morgan fingerprint density at radius 3 is 2.07 bits per heavy atom. The van der Waals surface area contributed by atoms with Gasteiger partial charge in [-0.1, -0.05) is 64.1 Å². The number of esters is 2. The van der Waals surface area contributed by atoms with Crippen molar-refractivity contribution in [2.45, 2.75) is 78.9 Å². The lowest BCUT2D eigenvalue weighted by atomic mass is 10.1. The second-order valence-electron chi connectivity index (χ2n) is 13.3. The van der Waals surface area contributed by atoms with Gasteiger partial charge in [0, 0.05) is 41.1 Å². The van der Waals surface area contributed by atoms with E-state index in [2.05, 4.69) is 14.7 Å². The van der Waals surface area contributed by atoms with Crippen molar-refractivity contribution < 1.29 is 63.7 Å². The van der Waals surface area contributed by atoms with Crippen molar-refractivity contribution >= 4 is 30.5 Å². The quantitative estimate of drug-likeness (QED) is 0.0623. The molecule has 0 bridgehead atoms. The third-order valence-corrected chi connectivity index (χ3v) is 10.5. The number of alkyl halides is 6. The Bertz CT molecular complexity index is 1930. The zero-order valence-corrected chi connectivity index (χ0v) is 33.7. The summed E-state index contributed by atoms with van der Waals surface area (Å²) in [6, 6.07) is 18.7. The number of hydrogen-bond acceptors (Lipinski definition) is 12. The first-order chi connectivity index (χ1) is 26.5. The summed E-state index contributed by atoms with van der Waals surface area (Å²) < 4.78 is 107. The van der Waals surface area contributed by atoms with Crippen molar-refractivity contribution in [3.8, 4) is 23.4 Å². The van der Waals surface area contributed by atoms with E-state index in [-0.39, 0.29) is 5.92 Å². The van der Waals surface area contributed by atoms with E-state index in [1.165, 1.54) is 6.07 Å². The van der Waals surface area contributed by atoms with Crippen LogP contribution in [0.3, 0.4) is 0 Å². The summed E-state index contributed by atoms with van der Waals surface area (Å²) in [5.74, 6) is -2.08. The third-order valence-electron chi connectivity index (χ3n) is 8.07. The molecule has 3 atom stereocenters. The number of allylic oxidation sites excluding steroid dienone is 1. The van der Waals surface area contributed by atoms with E-state index < -0.39 is 60.5 Å². The fourth-order valence-corrected chi connectivity index (χ4v) is 7.25. The van der Waals surface area contributed by atoms with Crippen LogP contribution in [0.25, 0.3) is 0 Å². The number of para-hydroxylation sites is 1. The molecule has 1 aliphatic carbocycles. The van der Waals surface area contributed by atoms with Crippen molar-refractivity contribution in [1.82, 2.24) is 9.97 Å². The van der Waals surface area contributed by atoms with Gasteiger partial charge in [-0.05, 0) is 56.4 Å². The number of carbonyl (C=O) groups excluding carboxylic acids is 2. The van der Waals surface area contributed by atoms with Crippen molar-refractivity contribution in [2.24, 2.45) is 17.3 Å². The standard InChI is InChI=1S/C26H21F6NO5.C12H21N2O3PS/c1-24(2)18(11-12-20(34)38-23(25(27,28)29)26(30,31)32)21(24)22(35)37-19(14-33)15-7-6-10-17(13-15)36-16-8-4-3-5-9-16;1-6-15-18(19,16-7-2)17-11-8-10(5)13-12(14-11)9(3)4/h3-13,18-19,21,23H,1-2H3;8-9H,6-7H2,1-5H3/b12-11-;. The third kappa shape index (κ3) is 13.8. The molecule has 1 fully saturated rings. The number of nitrogens with zero attached hydrogens (tertiary/aromatic N) is 3. The highest BCUT2D eigenvalue weighted by molar-refractivity contribution is 8.07. The molecule has 0 N–H and O–H groups in total. The van der Waals surface area contributed by atoms with E-state index in [9.17, 15) is 41.2 Å². The molecular formula is C38H42F6N3O8PS. The monoisotopic (exact) mass is 845 g/mol. The van der Waals surface area contributed by atoms with Crippen LogP contribution in [-0.2, 0) is 39.9 Å². The number of aromatic nitrogens is 2. The minimum Gasteiger partial charge on any atom is -0.457 e. The number of rotatable bonds is 15. The van der Waals surface area contributed by atoms with Crippen LogP contribution in [0.2, 0.25) is 0 Å². The Hall–Kier alpha value is -4.56. The molecule has 57 heavy (non-hydrogen) atoms. The van der Waals surface area contributed by atoms with Crippen LogP contribution in [-0.4, -0.2) is 53.6 Å². The van der Waals surface area contributed by atoms with Crippen LogP contribution >= 0.6 is 6.72 Å². The average Bonchev–Trinajstić information content (AvgIpc) is 3.67. The summed E-state index contributed by atoms with van der Waals surface area (Å²) in [6.07, 6.45) is -15.9. The van der Waals surface area contributed by atoms with E-state index in [0.717, 1.165) is 17.6 Å². The first kappa shape index (κ1) is 46.8.